The molecule has 0 spiro atoms. The van der Waals surface area contributed by atoms with E-state index in [0.29, 0.717) is 6.10 Å². The van der Waals surface area contributed by atoms with Gasteiger partial charge < -0.3 is 15.2 Å². The SMILES string of the molecule is COc1ccc(C(N)CC2CCCO2)cc1Br. The van der Waals surface area contributed by atoms with Crippen molar-refractivity contribution in [2.24, 2.45) is 5.73 Å². The first-order valence-corrected chi connectivity index (χ1v) is 6.70. The molecule has 94 valence electrons. The summed E-state index contributed by atoms with van der Waals surface area (Å²) in [5, 5.41) is 0. The second-order valence-corrected chi connectivity index (χ2v) is 5.23. The van der Waals surface area contributed by atoms with Crippen molar-refractivity contribution in [1.29, 1.82) is 0 Å². The van der Waals surface area contributed by atoms with E-state index in [0.717, 1.165) is 41.7 Å². The lowest BCUT2D eigenvalue weighted by Gasteiger charge is -2.17. The van der Waals surface area contributed by atoms with E-state index in [9.17, 15) is 0 Å². The van der Waals surface area contributed by atoms with Gasteiger partial charge in [0, 0.05) is 12.6 Å². The van der Waals surface area contributed by atoms with Crippen LogP contribution >= 0.6 is 15.9 Å². The number of ether oxygens (including phenoxy) is 2. The fraction of sp³-hybridized carbons (Fsp3) is 0.538. The lowest BCUT2D eigenvalue weighted by Crippen LogP contribution is -2.18. The van der Waals surface area contributed by atoms with Crippen LogP contribution in [0.3, 0.4) is 0 Å². The molecular weight excluding hydrogens is 282 g/mol. The third kappa shape index (κ3) is 3.21. The average molecular weight is 300 g/mol. The Morgan fingerprint density at radius 2 is 2.41 bits per heavy atom. The van der Waals surface area contributed by atoms with Crippen molar-refractivity contribution < 1.29 is 9.47 Å². The Hall–Kier alpha value is -0.580. The van der Waals surface area contributed by atoms with Gasteiger partial charge in [0.2, 0.25) is 0 Å². The van der Waals surface area contributed by atoms with Crippen LogP contribution in [0.1, 0.15) is 30.9 Å². The van der Waals surface area contributed by atoms with Crippen molar-refractivity contribution in [3.05, 3.63) is 28.2 Å². The second kappa shape index (κ2) is 5.85. The van der Waals surface area contributed by atoms with Crippen molar-refractivity contribution in [1.82, 2.24) is 0 Å². The zero-order valence-corrected chi connectivity index (χ0v) is 11.6. The van der Waals surface area contributed by atoms with Gasteiger partial charge in [0.15, 0.2) is 0 Å². The maximum Gasteiger partial charge on any atom is 0.133 e. The van der Waals surface area contributed by atoms with Gasteiger partial charge in [-0.05, 0) is 52.9 Å². The highest BCUT2D eigenvalue weighted by Crippen LogP contribution is 2.30. The Balaban J connectivity index is 2.02. The standard InChI is InChI=1S/C13H18BrNO2/c1-16-13-5-4-9(7-11(13)14)12(15)8-10-3-2-6-17-10/h4-5,7,10,12H,2-3,6,8,15H2,1H3. The number of benzene rings is 1. The van der Waals surface area contributed by atoms with Crippen LogP contribution in [-0.4, -0.2) is 19.8 Å². The average Bonchev–Trinajstić information content (AvgIpc) is 2.81. The van der Waals surface area contributed by atoms with Gasteiger partial charge in [-0.15, -0.1) is 0 Å². The number of nitrogens with two attached hydrogens (primary N) is 1. The van der Waals surface area contributed by atoms with E-state index >= 15 is 0 Å². The molecule has 4 heteroatoms. The Morgan fingerprint density at radius 1 is 1.59 bits per heavy atom. The Morgan fingerprint density at radius 3 is 3.00 bits per heavy atom. The van der Waals surface area contributed by atoms with Gasteiger partial charge in [-0.2, -0.15) is 0 Å². The quantitative estimate of drug-likeness (QED) is 0.929. The minimum Gasteiger partial charge on any atom is -0.496 e. The van der Waals surface area contributed by atoms with Gasteiger partial charge in [-0.3, -0.25) is 0 Å². The molecule has 1 aliphatic rings. The van der Waals surface area contributed by atoms with E-state index in [1.807, 2.05) is 18.2 Å². The van der Waals surface area contributed by atoms with Crippen LogP contribution in [0.25, 0.3) is 0 Å². The maximum absolute atomic E-state index is 6.19. The Kier molecular flexibility index (Phi) is 4.42. The largest absolute Gasteiger partial charge is 0.496 e. The maximum atomic E-state index is 6.19. The number of methoxy groups -OCH3 is 1. The van der Waals surface area contributed by atoms with Gasteiger partial charge in [0.1, 0.15) is 5.75 Å². The molecule has 0 radical (unpaired) electrons. The van der Waals surface area contributed by atoms with Crippen LogP contribution in [0.4, 0.5) is 0 Å². The molecule has 0 aromatic heterocycles. The summed E-state index contributed by atoms with van der Waals surface area (Å²) in [6.07, 6.45) is 3.50. The molecule has 17 heavy (non-hydrogen) atoms. The summed E-state index contributed by atoms with van der Waals surface area (Å²) < 4.78 is 11.7. The molecule has 1 aliphatic heterocycles. The lowest BCUT2D eigenvalue weighted by atomic mass is 10.0. The zero-order chi connectivity index (χ0) is 12.3. The van der Waals surface area contributed by atoms with Crippen molar-refractivity contribution >= 4 is 15.9 Å². The molecule has 1 aromatic carbocycles. The fourth-order valence-corrected chi connectivity index (χ4v) is 2.72. The first-order valence-electron chi connectivity index (χ1n) is 5.91. The minimum atomic E-state index is 0.0281. The summed E-state index contributed by atoms with van der Waals surface area (Å²) in [5.74, 6) is 0.832. The van der Waals surface area contributed by atoms with Crippen molar-refractivity contribution in [2.45, 2.75) is 31.4 Å². The molecule has 1 heterocycles. The smallest absolute Gasteiger partial charge is 0.133 e. The molecule has 2 atom stereocenters. The highest BCUT2D eigenvalue weighted by Gasteiger charge is 2.20. The summed E-state index contributed by atoms with van der Waals surface area (Å²) in [4.78, 5) is 0. The first-order chi connectivity index (χ1) is 8.20. The van der Waals surface area contributed by atoms with Crippen molar-refractivity contribution in [2.75, 3.05) is 13.7 Å². The molecule has 2 unspecified atom stereocenters. The number of hydrogen-bond donors (Lipinski definition) is 1. The Labute approximate surface area is 110 Å². The van der Waals surface area contributed by atoms with Crippen LogP contribution in [0.5, 0.6) is 5.75 Å². The van der Waals surface area contributed by atoms with E-state index in [4.69, 9.17) is 15.2 Å². The van der Waals surface area contributed by atoms with Gasteiger partial charge >= 0.3 is 0 Å². The first kappa shape index (κ1) is 12.9. The van der Waals surface area contributed by atoms with Crippen LogP contribution in [0, 0.1) is 0 Å². The fourth-order valence-electron chi connectivity index (χ4n) is 2.16. The monoisotopic (exact) mass is 299 g/mol. The van der Waals surface area contributed by atoms with Gasteiger partial charge in [-0.1, -0.05) is 6.07 Å². The van der Waals surface area contributed by atoms with Crippen LogP contribution < -0.4 is 10.5 Å². The molecule has 0 saturated carbocycles. The third-order valence-electron chi connectivity index (χ3n) is 3.14. The molecule has 2 N–H and O–H groups in total. The summed E-state index contributed by atoms with van der Waals surface area (Å²) >= 11 is 3.48. The number of hydrogen-bond acceptors (Lipinski definition) is 3. The topological polar surface area (TPSA) is 44.5 Å². The van der Waals surface area contributed by atoms with E-state index in [1.54, 1.807) is 7.11 Å². The van der Waals surface area contributed by atoms with E-state index < -0.39 is 0 Å². The molecule has 1 saturated heterocycles. The number of rotatable bonds is 4. The predicted octanol–water partition coefficient (Wildman–Crippen LogP) is 3.03. The minimum absolute atomic E-state index is 0.0281. The van der Waals surface area contributed by atoms with Crippen LogP contribution in [0.15, 0.2) is 22.7 Å². The van der Waals surface area contributed by atoms with Crippen molar-refractivity contribution in [3.63, 3.8) is 0 Å². The van der Waals surface area contributed by atoms with Gasteiger partial charge in [0.05, 0.1) is 17.7 Å². The molecule has 0 amide bonds. The highest BCUT2D eigenvalue weighted by atomic mass is 79.9. The van der Waals surface area contributed by atoms with Gasteiger partial charge in [0.25, 0.3) is 0 Å². The summed E-state index contributed by atoms with van der Waals surface area (Å²) in [6.45, 7) is 0.879. The summed E-state index contributed by atoms with van der Waals surface area (Å²) in [6, 6.07) is 6.01. The zero-order valence-electron chi connectivity index (χ0n) is 9.99. The summed E-state index contributed by atoms with van der Waals surface area (Å²) in [7, 11) is 1.66. The highest BCUT2D eigenvalue weighted by molar-refractivity contribution is 9.10. The summed E-state index contributed by atoms with van der Waals surface area (Å²) in [5.41, 5.74) is 7.31. The van der Waals surface area contributed by atoms with Gasteiger partial charge in [-0.25, -0.2) is 0 Å². The van der Waals surface area contributed by atoms with E-state index in [1.165, 1.54) is 0 Å². The lowest BCUT2D eigenvalue weighted by molar-refractivity contribution is 0.0983. The van der Waals surface area contributed by atoms with Crippen LogP contribution in [0.2, 0.25) is 0 Å². The molecule has 1 aromatic rings. The van der Waals surface area contributed by atoms with E-state index in [-0.39, 0.29) is 6.04 Å². The molecule has 0 bridgehead atoms. The Bertz CT molecular complexity index is 378. The third-order valence-corrected chi connectivity index (χ3v) is 3.76. The normalized spacial score (nSPS) is 21.5. The molecule has 2 rings (SSSR count). The molecule has 3 nitrogen and oxygen atoms in total. The molecule has 1 fully saturated rings. The second-order valence-electron chi connectivity index (χ2n) is 4.37. The predicted molar refractivity (Wildman–Crippen MR) is 71.2 cm³/mol. The molecule has 0 aliphatic carbocycles. The van der Waals surface area contributed by atoms with Crippen molar-refractivity contribution in [3.8, 4) is 5.75 Å². The van der Waals surface area contributed by atoms with E-state index in [2.05, 4.69) is 15.9 Å². The molecular formula is C13H18BrNO2. The van der Waals surface area contributed by atoms with Crippen LogP contribution in [-0.2, 0) is 4.74 Å². The number of halogens is 1.